The summed E-state index contributed by atoms with van der Waals surface area (Å²) in [6, 6.07) is 34.0. The standard InChI is InChI=1S/C65H66N3O.Pt/c1-41-34-42(2)60(69)55(35-41)61-67-59-53(20-17-21-58(59)68(61)57-31-30-51(65(12,13)64(9,10)11)40-54(57)46-18-15-14-16-19-46)48-36-49(38-52(37-48)63(6,7)8)56-39-47(32-33-66-56)45-24-22-43(23-25-45)44-26-28-50(29-27-44)62(3,4)5;/h14-35,37-40,69H,1-13H3;/q-1;/i3D3,4D3,5D3,22D,23D,24D,25D,32D,33D,39D;. The van der Waals surface area contributed by atoms with E-state index in [0.717, 1.165) is 57.8 Å². The van der Waals surface area contributed by atoms with Crippen molar-refractivity contribution in [1.29, 1.82) is 0 Å². The Bertz CT molecular complexity index is 4070. The maximum atomic E-state index is 12.0. The van der Waals surface area contributed by atoms with E-state index in [2.05, 4.69) is 80.6 Å². The van der Waals surface area contributed by atoms with E-state index >= 15 is 0 Å². The van der Waals surface area contributed by atoms with Gasteiger partial charge in [-0.1, -0.05) is 196 Å². The van der Waals surface area contributed by atoms with Gasteiger partial charge in [-0.05, 0) is 116 Å². The van der Waals surface area contributed by atoms with E-state index in [-0.39, 0.29) is 60.0 Å². The summed E-state index contributed by atoms with van der Waals surface area (Å²) in [5.74, 6) is 0.548. The van der Waals surface area contributed by atoms with Crippen LogP contribution in [0, 0.1) is 25.3 Å². The number of para-hydroxylation sites is 1. The number of pyridine rings is 1. The number of nitrogens with zero attached hydrogens (tertiary/aromatic N) is 3. The molecule has 1 N–H and O–H groups in total. The first-order valence-corrected chi connectivity index (χ1v) is 23.1. The van der Waals surface area contributed by atoms with Crippen molar-refractivity contribution in [3.05, 3.63) is 192 Å². The number of hydrogen-bond acceptors (Lipinski definition) is 3. The van der Waals surface area contributed by atoms with Crippen LogP contribution in [0.5, 0.6) is 5.75 Å². The first-order chi connectivity index (χ1) is 39.3. The zero-order chi connectivity index (χ0) is 62.8. The van der Waals surface area contributed by atoms with Crippen molar-refractivity contribution in [3.8, 4) is 78.6 Å². The van der Waals surface area contributed by atoms with Crippen LogP contribution in [0.25, 0.3) is 83.9 Å². The Labute approximate surface area is 453 Å². The van der Waals surface area contributed by atoms with Crippen molar-refractivity contribution in [1.82, 2.24) is 14.5 Å². The molecule has 5 heteroatoms. The Morgan fingerprint density at radius 3 is 1.90 bits per heavy atom. The summed E-state index contributed by atoms with van der Waals surface area (Å²) < 4.78 is 141. The van der Waals surface area contributed by atoms with Crippen molar-refractivity contribution < 1.29 is 48.1 Å². The van der Waals surface area contributed by atoms with Crippen molar-refractivity contribution in [3.63, 3.8) is 0 Å². The monoisotopic (exact) mass is 1120 g/mol. The summed E-state index contributed by atoms with van der Waals surface area (Å²) in [5, 5.41) is 12.0. The van der Waals surface area contributed by atoms with Crippen molar-refractivity contribution in [2.45, 2.75) is 106 Å². The zero-order valence-electron chi connectivity index (χ0n) is 57.1. The van der Waals surface area contributed by atoms with Gasteiger partial charge in [0.25, 0.3) is 0 Å². The van der Waals surface area contributed by atoms with Gasteiger partial charge in [-0.3, -0.25) is 9.55 Å². The van der Waals surface area contributed by atoms with Crippen LogP contribution in [0.3, 0.4) is 0 Å². The van der Waals surface area contributed by atoms with Gasteiger partial charge in [0.05, 0.1) is 31.9 Å². The Balaban J connectivity index is 0.00000961. The number of aromatic nitrogens is 3. The molecule has 0 atom stereocenters. The molecular formula is C65H66N3OPt-. The van der Waals surface area contributed by atoms with Crippen LogP contribution in [0.1, 0.15) is 126 Å². The summed E-state index contributed by atoms with van der Waals surface area (Å²) in [6.07, 6.45) is -0.625. The quantitative estimate of drug-likeness (QED) is 0.154. The van der Waals surface area contributed by atoms with Gasteiger partial charge in [-0.2, -0.15) is 0 Å². The topological polar surface area (TPSA) is 50.9 Å². The van der Waals surface area contributed by atoms with Crippen LogP contribution in [0.15, 0.2) is 158 Å². The van der Waals surface area contributed by atoms with Gasteiger partial charge in [0.1, 0.15) is 11.6 Å². The molecule has 2 heterocycles. The van der Waals surface area contributed by atoms with Crippen molar-refractivity contribution in [2.24, 2.45) is 5.41 Å². The van der Waals surface area contributed by atoms with Gasteiger partial charge >= 0.3 is 0 Å². The Kier molecular flexibility index (Phi) is 8.92. The van der Waals surface area contributed by atoms with Crippen LogP contribution < -0.4 is 0 Å². The zero-order valence-corrected chi connectivity index (χ0v) is 43.3. The third-order valence-corrected chi connectivity index (χ3v) is 13.6. The molecule has 0 unspecified atom stereocenters. The number of benzene rings is 7. The molecule has 0 saturated heterocycles. The Morgan fingerprint density at radius 2 is 1.24 bits per heavy atom. The molecule has 0 aliphatic heterocycles. The van der Waals surface area contributed by atoms with Crippen LogP contribution >= 0.6 is 0 Å². The molecule has 7 aromatic carbocycles. The summed E-state index contributed by atoms with van der Waals surface area (Å²) in [7, 11) is 0. The van der Waals surface area contributed by atoms with Gasteiger partial charge in [0.2, 0.25) is 0 Å². The number of phenols is 1. The van der Waals surface area contributed by atoms with E-state index in [1.165, 1.54) is 0 Å². The van der Waals surface area contributed by atoms with E-state index in [9.17, 15) is 12.0 Å². The van der Waals surface area contributed by atoms with Gasteiger partial charge in [-0.25, -0.2) is 4.98 Å². The number of hydrogen-bond donors (Lipinski definition) is 1. The molecule has 358 valence electrons. The second-order valence-electron chi connectivity index (χ2n) is 20.6. The minimum Gasteiger partial charge on any atom is -0.507 e. The van der Waals surface area contributed by atoms with Gasteiger partial charge in [-0.15, -0.1) is 29.3 Å². The predicted molar refractivity (Wildman–Crippen MR) is 291 cm³/mol. The first kappa shape index (κ1) is 33.3. The van der Waals surface area contributed by atoms with E-state index in [1.807, 2.05) is 89.2 Å². The first-order valence-electron chi connectivity index (χ1n) is 31.1. The number of aromatic hydroxyl groups is 1. The predicted octanol–water partition coefficient (Wildman–Crippen LogP) is 17.5. The molecule has 0 saturated carbocycles. The fourth-order valence-corrected chi connectivity index (χ4v) is 8.59. The fraction of sp³-hybridized carbons (Fsp3) is 0.262. The van der Waals surface area contributed by atoms with Crippen molar-refractivity contribution >= 4 is 11.0 Å². The average molecular weight is 1120 g/mol. The number of imidazole rings is 1. The largest absolute Gasteiger partial charge is 0.507 e. The minimum absolute atomic E-state index is 0. The van der Waals surface area contributed by atoms with Crippen LogP contribution in [-0.2, 0) is 37.3 Å². The third kappa shape index (κ3) is 9.61. The molecule has 0 fully saturated rings. The maximum absolute atomic E-state index is 12.0. The molecule has 9 rings (SSSR count). The minimum atomic E-state index is -3.55. The van der Waals surface area contributed by atoms with E-state index in [1.54, 1.807) is 6.07 Å². The summed E-state index contributed by atoms with van der Waals surface area (Å²) in [5.41, 5.74) is 3.19. The van der Waals surface area contributed by atoms with Gasteiger partial charge in [0, 0.05) is 50.8 Å². The second kappa shape index (κ2) is 18.8. The summed E-state index contributed by atoms with van der Waals surface area (Å²) in [4.78, 5) is 9.93. The number of fused-ring (bicyclic) bond motifs is 1. The number of rotatable bonds is 8. The molecule has 4 nitrogen and oxygen atoms in total. The Morgan fingerprint density at radius 1 is 0.586 bits per heavy atom. The molecule has 70 heavy (non-hydrogen) atoms. The van der Waals surface area contributed by atoms with E-state index in [0.29, 0.717) is 39.1 Å². The molecule has 2 aromatic heterocycles. The van der Waals surface area contributed by atoms with Crippen LogP contribution in [0.2, 0.25) is 0 Å². The molecule has 0 aliphatic carbocycles. The third-order valence-electron chi connectivity index (χ3n) is 13.6. The summed E-state index contributed by atoms with van der Waals surface area (Å²) >= 11 is 0. The Hall–Kier alpha value is -6.35. The van der Waals surface area contributed by atoms with Crippen LogP contribution in [-0.4, -0.2) is 19.6 Å². The maximum Gasteiger partial charge on any atom is 0.148 e. The smallest absolute Gasteiger partial charge is 0.148 e. The number of aryl methyl sites for hydroxylation is 2. The SMILES string of the molecule is [2H]c1nc(-c2[c-]c(-c3cccc4c3nc(-c3cc(C)cc(C)c3O)n4-c3ccc(C(C)(C)C(C)(C)C)cc3-c3ccccc3)cc(C(C)(C)C)c2)c([2H])c(-c2c([2H])c([2H])c(-c3ccc(C(C([2H])([2H])[2H])(C([2H])([2H])[2H])C([2H])([2H])[2H])cc3)c([2H])c2[2H])c1[2H].[Pt]. The normalized spacial score (nSPS) is 16.1. The van der Waals surface area contributed by atoms with Crippen LogP contribution in [0.4, 0.5) is 0 Å². The number of phenolic OH excluding ortho intramolecular Hbond substituents is 1. The second-order valence-corrected chi connectivity index (χ2v) is 20.6. The fourth-order valence-electron chi connectivity index (χ4n) is 8.59. The summed E-state index contributed by atoms with van der Waals surface area (Å²) in [6.45, 7) is 10.4. The van der Waals surface area contributed by atoms with Gasteiger partial charge in [0.15, 0.2) is 0 Å². The molecule has 0 amide bonds. The molecule has 0 aliphatic rings. The molecule has 9 aromatic rings. The average Bonchev–Trinajstić information content (AvgIpc) is 0.754. The van der Waals surface area contributed by atoms with Gasteiger partial charge < -0.3 is 5.11 Å². The molecule has 0 bridgehead atoms. The molecular weight excluding hydrogens is 1030 g/mol. The molecule has 0 radical (unpaired) electrons. The van der Waals surface area contributed by atoms with E-state index in [4.69, 9.17) is 20.1 Å². The van der Waals surface area contributed by atoms with Crippen molar-refractivity contribution in [2.75, 3.05) is 0 Å². The van der Waals surface area contributed by atoms with E-state index < -0.39 is 90.5 Å². The molecule has 0 spiro atoms.